The van der Waals surface area contributed by atoms with E-state index < -0.39 is 6.09 Å². The number of anilines is 1. The summed E-state index contributed by atoms with van der Waals surface area (Å²) in [4.78, 5) is 15.0. The van der Waals surface area contributed by atoms with Crippen LogP contribution in [0.2, 0.25) is 0 Å². The second-order valence-electron chi connectivity index (χ2n) is 6.06. The maximum Gasteiger partial charge on any atom is 0.407 e. The van der Waals surface area contributed by atoms with E-state index in [1.54, 1.807) is 6.26 Å². The summed E-state index contributed by atoms with van der Waals surface area (Å²) in [5.41, 5.74) is 1.03. The highest BCUT2D eigenvalue weighted by Gasteiger charge is 2.31. The molecule has 1 aliphatic rings. The molecule has 1 aromatic heterocycles. The number of amides is 1. The predicted octanol–water partition coefficient (Wildman–Crippen LogP) is 1.22. The first-order valence-corrected chi connectivity index (χ1v) is 8.37. The van der Waals surface area contributed by atoms with Crippen LogP contribution < -0.4 is 15.1 Å². The fourth-order valence-electron chi connectivity index (χ4n) is 3.25. The summed E-state index contributed by atoms with van der Waals surface area (Å²) in [6, 6.07) is 10.4. The lowest BCUT2D eigenvalue weighted by Gasteiger charge is -2.37. The van der Waals surface area contributed by atoms with E-state index in [4.69, 9.17) is 4.42 Å². The third-order valence-electron chi connectivity index (χ3n) is 4.61. The molecule has 1 aliphatic heterocycles. The molecule has 1 aromatic carbocycles. The van der Waals surface area contributed by atoms with Crippen molar-refractivity contribution in [2.45, 2.75) is 6.04 Å². The Hall–Kier alpha value is -2.54. The predicted molar refractivity (Wildman–Crippen MR) is 91.2 cm³/mol. The minimum atomic E-state index is -0.444. The Balaban J connectivity index is 1.63. The fourth-order valence-corrected chi connectivity index (χ4v) is 3.25. The van der Waals surface area contributed by atoms with Crippen LogP contribution in [-0.2, 0) is 4.74 Å². The van der Waals surface area contributed by atoms with Crippen LogP contribution >= 0.6 is 0 Å². The Kier molecular flexibility index (Phi) is 5.55. The molecule has 0 aliphatic carbocycles. The molecule has 134 valence electrons. The molecule has 0 spiro atoms. The molecule has 0 radical (unpaired) electrons. The van der Waals surface area contributed by atoms with Crippen LogP contribution in [0.25, 0.3) is 0 Å². The molecule has 25 heavy (non-hydrogen) atoms. The summed E-state index contributed by atoms with van der Waals surface area (Å²) in [5.74, 6) is 0.626. The number of nitrogens with one attached hydrogen (secondary N) is 2. The lowest BCUT2D eigenvalue weighted by atomic mass is 10.1. The summed E-state index contributed by atoms with van der Waals surface area (Å²) in [5, 5.41) is 2.77. The molecule has 0 unspecified atom stereocenters. The molecular formula is C18H23FN3O3+. The Morgan fingerprint density at radius 2 is 2.04 bits per heavy atom. The Labute approximate surface area is 146 Å². The van der Waals surface area contributed by atoms with E-state index in [9.17, 15) is 9.18 Å². The summed E-state index contributed by atoms with van der Waals surface area (Å²) in [7, 11) is 1.35. The van der Waals surface area contributed by atoms with Crippen LogP contribution in [0.5, 0.6) is 0 Å². The Bertz CT molecular complexity index is 667. The highest BCUT2D eigenvalue weighted by molar-refractivity contribution is 5.66. The zero-order valence-corrected chi connectivity index (χ0v) is 14.2. The van der Waals surface area contributed by atoms with Crippen LogP contribution in [0.4, 0.5) is 14.9 Å². The second-order valence-corrected chi connectivity index (χ2v) is 6.06. The van der Waals surface area contributed by atoms with Gasteiger partial charge in [0.1, 0.15) is 5.82 Å². The lowest BCUT2D eigenvalue weighted by molar-refractivity contribution is -0.932. The van der Waals surface area contributed by atoms with Crippen molar-refractivity contribution >= 4 is 11.8 Å². The molecule has 1 fully saturated rings. The topological polar surface area (TPSA) is 59.1 Å². The Morgan fingerprint density at radius 1 is 1.32 bits per heavy atom. The highest BCUT2D eigenvalue weighted by Crippen LogP contribution is 2.16. The van der Waals surface area contributed by atoms with Crippen LogP contribution in [-0.4, -0.2) is 45.9 Å². The smallest absolute Gasteiger partial charge is 0.407 e. The van der Waals surface area contributed by atoms with Crippen LogP contribution in [0, 0.1) is 5.82 Å². The van der Waals surface area contributed by atoms with E-state index in [-0.39, 0.29) is 11.9 Å². The van der Waals surface area contributed by atoms with E-state index in [1.807, 2.05) is 24.3 Å². The van der Waals surface area contributed by atoms with E-state index >= 15 is 0 Å². The number of piperazine rings is 1. The van der Waals surface area contributed by atoms with Crippen molar-refractivity contribution < 1.29 is 23.2 Å². The van der Waals surface area contributed by atoms with Crippen molar-refractivity contribution in [3.8, 4) is 0 Å². The molecule has 0 saturated carbocycles. The van der Waals surface area contributed by atoms with Crippen molar-refractivity contribution in [2.24, 2.45) is 0 Å². The molecule has 7 heteroatoms. The van der Waals surface area contributed by atoms with Gasteiger partial charge in [-0.05, 0) is 36.4 Å². The third-order valence-corrected chi connectivity index (χ3v) is 4.61. The number of carbonyl (C=O) groups is 1. The van der Waals surface area contributed by atoms with Crippen LogP contribution in [0.3, 0.4) is 0 Å². The molecule has 6 nitrogen and oxygen atoms in total. The third kappa shape index (κ3) is 4.30. The number of alkyl carbamates (subject to hydrolysis) is 1. The SMILES string of the molecule is COC(=O)NC[C@@H](c1ccco1)[NH+]1CCN(c2ccc(F)cc2)CC1. The van der Waals surface area contributed by atoms with Gasteiger partial charge < -0.3 is 24.3 Å². The average Bonchev–Trinajstić information content (AvgIpc) is 3.17. The molecule has 3 rings (SSSR count). The van der Waals surface area contributed by atoms with Crippen LogP contribution in [0.1, 0.15) is 11.8 Å². The van der Waals surface area contributed by atoms with Crippen molar-refractivity contribution in [2.75, 3.05) is 44.7 Å². The van der Waals surface area contributed by atoms with Crippen molar-refractivity contribution in [3.63, 3.8) is 0 Å². The molecule has 2 aromatic rings. The quantitative estimate of drug-likeness (QED) is 0.853. The number of furan rings is 1. The monoisotopic (exact) mass is 348 g/mol. The molecule has 2 N–H and O–H groups in total. The van der Waals surface area contributed by atoms with Gasteiger partial charge >= 0.3 is 6.09 Å². The summed E-state index contributed by atoms with van der Waals surface area (Å²) in [6.45, 7) is 3.95. The van der Waals surface area contributed by atoms with Gasteiger partial charge in [-0.25, -0.2) is 9.18 Å². The maximum atomic E-state index is 13.1. The molecule has 1 saturated heterocycles. The molecule has 1 atom stereocenters. The number of benzene rings is 1. The zero-order chi connectivity index (χ0) is 17.6. The lowest BCUT2D eigenvalue weighted by Crippen LogP contribution is -3.15. The standard InChI is InChI=1S/C18H22FN3O3/c1-24-18(23)20-13-16(17-3-2-12-25-17)22-10-8-21(9-11-22)15-6-4-14(19)5-7-15/h2-7,12,16H,8-11,13H2,1H3,(H,20,23)/p+1/t16-/m0/s1. The van der Waals surface area contributed by atoms with Crippen molar-refractivity contribution in [3.05, 3.63) is 54.2 Å². The van der Waals surface area contributed by atoms with E-state index in [0.29, 0.717) is 6.54 Å². The van der Waals surface area contributed by atoms with Gasteiger partial charge in [0.15, 0.2) is 11.8 Å². The zero-order valence-electron chi connectivity index (χ0n) is 14.2. The normalized spacial score (nSPS) is 16.5. The number of nitrogens with zero attached hydrogens (tertiary/aromatic N) is 1. The number of ether oxygens (including phenoxy) is 1. The minimum absolute atomic E-state index is 0.0319. The first-order chi connectivity index (χ1) is 12.2. The second kappa shape index (κ2) is 8.02. The molecule has 0 bridgehead atoms. The first-order valence-electron chi connectivity index (χ1n) is 8.37. The number of methoxy groups -OCH3 is 1. The summed E-state index contributed by atoms with van der Waals surface area (Å²) in [6.07, 6.45) is 1.20. The van der Waals surface area contributed by atoms with Gasteiger partial charge in [-0.15, -0.1) is 0 Å². The molecular weight excluding hydrogens is 325 g/mol. The fraction of sp³-hybridized carbons (Fsp3) is 0.389. The largest absolute Gasteiger partial charge is 0.463 e. The van der Waals surface area contributed by atoms with Crippen molar-refractivity contribution in [1.29, 1.82) is 0 Å². The number of halogens is 1. The van der Waals surface area contributed by atoms with Gasteiger partial charge in [0.05, 0.1) is 46.1 Å². The van der Waals surface area contributed by atoms with E-state index in [1.165, 1.54) is 24.1 Å². The summed E-state index contributed by atoms with van der Waals surface area (Å²) < 4.78 is 23.3. The summed E-state index contributed by atoms with van der Waals surface area (Å²) >= 11 is 0. The molecule has 1 amide bonds. The number of quaternary nitrogens is 1. The van der Waals surface area contributed by atoms with Gasteiger partial charge in [0.25, 0.3) is 0 Å². The Morgan fingerprint density at radius 3 is 2.64 bits per heavy atom. The van der Waals surface area contributed by atoms with Gasteiger partial charge in [-0.1, -0.05) is 0 Å². The van der Waals surface area contributed by atoms with Crippen LogP contribution in [0.15, 0.2) is 47.1 Å². The first kappa shape index (κ1) is 17.3. The maximum absolute atomic E-state index is 13.1. The average molecular weight is 348 g/mol. The highest BCUT2D eigenvalue weighted by atomic mass is 19.1. The van der Waals surface area contributed by atoms with Gasteiger partial charge in [0, 0.05) is 5.69 Å². The number of rotatable bonds is 5. The minimum Gasteiger partial charge on any atom is -0.463 e. The van der Waals surface area contributed by atoms with E-state index in [0.717, 1.165) is 37.6 Å². The van der Waals surface area contributed by atoms with Gasteiger partial charge in [-0.3, -0.25) is 0 Å². The molecule has 2 heterocycles. The van der Waals surface area contributed by atoms with Gasteiger partial charge in [-0.2, -0.15) is 0 Å². The number of carbonyl (C=O) groups excluding carboxylic acids is 1. The van der Waals surface area contributed by atoms with Gasteiger partial charge in [0.2, 0.25) is 0 Å². The number of hydrogen-bond acceptors (Lipinski definition) is 4. The van der Waals surface area contributed by atoms with E-state index in [2.05, 4.69) is 15.0 Å². The van der Waals surface area contributed by atoms with Crippen molar-refractivity contribution in [1.82, 2.24) is 5.32 Å². The number of hydrogen-bond donors (Lipinski definition) is 2.